The molecule has 0 aliphatic heterocycles. The number of hydrogen-bond acceptors (Lipinski definition) is 1. The molecule has 1 heterocycles. The monoisotopic (exact) mass is 725 g/mol. The van der Waals surface area contributed by atoms with Crippen molar-refractivity contribution in [3.63, 3.8) is 0 Å². The number of aromatic nitrogens is 1. The van der Waals surface area contributed by atoms with E-state index in [9.17, 15) is 0 Å². The molecule has 0 saturated carbocycles. The molecule has 1 nitrogen and oxygen atoms in total. The van der Waals surface area contributed by atoms with Crippen LogP contribution >= 0.6 is 0 Å². The van der Waals surface area contributed by atoms with Crippen LogP contribution in [0.25, 0.3) is 99.3 Å². The number of pyridine rings is 1. The number of rotatable bonds is 5. The van der Waals surface area contributed by atoms with Crippen LogP contribution in [0.5, 0.6) is 0 Å². The minimum absolute atomic E-state index is 0.0969. The van der Waals surface area contributed by atoms with Gasteiger partial charge in [-0.25, -0.2) is 4.98 Å². The van der Waals surface area contributed by atoms with Crippen LogP contribution in [-0.4, -0.2) is 4.98 Å². The van der Waals surface area contributed by atoms with Gasteiger partial charge in [-0.1, -0.05) is 196 Å². The highest BCUT2D eigenvalue weighted by atomic mass is 14.7. The number of fused-ring (bicyclic) bond motifs is 6. The van der Waals surface area contributed by atoms with Crippen LogP contribution in [-0.2, 0) is 5.41 Å². The minimum Gasteiger partial charge on any atom is -0.247 e. The summed E-state index contributed by atoms with van der Waals surface area (Å²) in [6.07, 6.45) is 0. The molecule has 1 aromatic heterocycles. The highest BCUT2D eigenvalue weighted by Gasteiger charge is 2.35. The smallest absolute Gasteiger partial charge is 0.0794 e. The molecule has 0 unspecified atom stereocenters. The largest absolute Gasteiger partial charge is 0.247 e. The van der Waals surface area contributed by atoms with E-state index in [2.05, 4.69) is 214 Å². The Morgan fingerprint density at radius 3 is 1.53 bits per heavy atom. The summed E-state index contributed by atoms with van der Waals surface area (Å²) in [5, 5.41) is 6.15. The molecule has 1 aliphatic carbocycles. The zero-order valence-electron chi connectivity index (χ0n) is 32.0. The zero-order chi connectivity index (χ0) is 38.1. The third-order valence-electron chi connectivity index (χ3n) is 12.3. The van der Waals surface area contributed by atoms with Gasteiger partial charge in [0.1, 0.15) is 0 Å². The quantitative estimate of drug-likeness (QED) is 0.161. The van der Waals surface area contributed by atoms with Crippen LogP contribution in [0.15, 0.2) is 200 Å². The molecule has 0 amide bonds. The van der Waals surface area contributed by atoms with Gasteiger partial charge in [0, 0.05) is 21.9 Å². The highest BCUT2D eigenvalue weighted by Crippen LogP contribution is 2.50. The maximum atomic E-state index is 5.58. The zero-order valence-corrected chi connectivity index (χ0v) is 32.0. The van der Waals surface area contributed by atoms with Gasteiger partial charge in [-0.05, 0) is 101 Å². The van der Waals surface area contributed by atoms with Crippen molar-refractivity contribution in [1.29, 1.82) is 0 Å². The molecule has 11 rings (SSSR count). The number of hydrogen-bond donors (Lipinski definition) is 0. The summed E-state index contributed by atoms with van der Waals surface area (Å²) in [4.78, 5) is 5.58. The summed E-state index contributed by atoms with van der Waals surface area (Å²) in [7, 11) is 0. The molecule has 0 radical (unpaired) electrons. The molecule has 0 spiro atoms. The van der Waals surface area contributed by atoms with Gasteiger partial charge in [-0.2, -0.15) is 0 Å². The summed E-state index contributed by atoms with van der Waals surface area (Å²) in [6, 6.07) is 73.2. The van der Waals surface area contributed by atoms with E-state index >= 15 is 0 Å². The topological polar surface area (TPSA) is 12.9 Å². The van der Waals surface area contributed by atoms with Crippen molar-refractivity contribution in [3.8, 4) is 66.9 Å². The van der Waals surface area contributed by atoms with E-state index < -0.39 is 0 Å². The third kappa shape index (κ3) is 5.27. The van der Waals surface area contributed by atoms with E-state index in [0.29, 0.717) is 0 Å². The van der Waals surface area contributed by atoms with E-state index in [4.69, 9.17) is 4.98 Å². The fourth-order valence-electron chi connectivity index (χ4n) is 9.55. The Kier molecular flexibility index (Phi) is 7.59. The molecule has 0 saturated heterocycles. The van der Waals surface area contributed by atoms with Gasteiger partial charge in [0.2, 0.25) is 0 Å². The summed E-state index contributed by atoms with van der Waals surface area (Å²) < 4.78 is 0. The molecule has 0 fully saturated rings. The second kappa shape index (κ2) is 13.0. The van der Waals surface area contributed by atoms with Gasteiger partial charge in [0.25, 0.3) is 0 Å². The van der Waals surface area contributed by atoms with E-state index in [1.54, 1.807) is 0 Å². The van der Waals surface area contributed by atoms with Gasteiger partial charge < -0.3 is 0 Å². The predicted octanol–water partition coefficient (Wildman–Crippen LogP) is 15.2. The second-order valence-corrected chi connectivity index (χ2v) is 15.8. The first kappa shape index (κ1) is 33.3. The van der Waals surface area contributed by atoms with Crippen LogP contribution in [0.4, 0.5) is 0 Å². The van der Waals surface area contributed by atoms with Crippen molar-refractivity contribution in [3.05, 3.63) is 211 Å². The molecule has 57 heavy (non-hydrogen) atoms. The first-order chi connectivity index (χ1) is 28.0. The lowest BCUT2D eigenvalue weighted by molar-refractivity contribution is 0.660. The second-order valence-electron chi connectivity index (χ2n) is 15.8. The average Bonchev–Trinajstić information content (AvgIpc) is 3.50. The minimum atomic E-state index is -0.0969. The fraction of sp³-hybridized carbons (Fsp3) is 0.0536. The Hall–Kier alpha value is -7.09. The van der Waals surface area contributed by atoms with Crippen LogP contribution in [0, 0.1) is 0 Å². The molecule has 1 aliphatic rings. The molecular weight excluding hydrogens is 687 g/mol. The molecule has 10 aromatic rings. The average molecular weight is 726 g/mol. The van der Waals surface area contributed by atoms with Crippen molar-refractivity contribution in [2.24, 2.45) is 0 Å². The van der Waals surface area contributed by atoms with Gasteiger partial charge in [0.15, 0.2) is 0 Å². The van der Waals surface area contributed by atoms with Crippen molar-refractivity contribution in [2.75, 3.05) is 0 Å². The van der Waals surface area contributed by atoms with Crippen molar-refractivity contribution < 1.29 is 0 Å². The van der Waals surface area contributed by atoms with Crippen LogP contribution in [0.2, 0.25) is 0 Å². The standard InChI is InChI=1S/C56H39N/c1-56(2)50-30-14-13-23-42(50)43-32-31-39(34-51(43)56)52-35-49(36-17-5-3-6-18-36)48-29-16-28-41(55(48)57-52)38-21-15-22-40(33-38)54-46-26-11-9-24-44(46)53(37-19-7-4-8-20-37)45-25-10-12-27-47(45)54/h3-35H,1-2H3. The maximum Gasteiger partial charge on any atom is 0.0794 e. The fourth-order valence-corrected chi connectivity index (χ4v) is 9.55. The van der Waals surface area contributed by atoms with Crippen LogP contribution in [0.3, 0.4) is 0 Å². The van der Waals surface area contributed by atoms with E-state index in [1.165, 1.54) is 77.2 Å². The van der Waals surface area contributed by atoms with Crippen LogP contribution in [0.1, 0.15) is 25.0 Å². The summed E-state index contributed by atoms with van der Waals surface area (Å²) in [6.45, 7) is 4.69. The Morgan fingerprint density at radius 1 is 0.316 bits per heavy atom. The lowest BCUT2D eigenvalue weighted by Crippen LogP contribution is -2.14. The number of nitrogens with zero attached hydrogens (tertiary/aromatic N) is 1. The first-order valence-corrected chi connectivity index (χ1v) is 19.9. The number of para-hydroxylation sites is 1. The maximum absolute atomic E-state index is 5.58. The summed E-state index contributed by atoms with van der Waals surface area (Å²) in [5.74, 6) is 0. The van der Waals surface area contributed by atoms with Gasteiger partial charge in [-0.3, -0.25) is 0 Å². The van der Waals surface area contributed by atoms with E-state index in [-0.39, 0.29) is 5.41 Å². The van der Waals surface area contributed by atoms with E-state index in [0.717, 1.165) is 33.3 Å². The summed E-state index contributed by atoms with van der Waals surface area (Å²) >= 11 is 0. The van der Waals surface area contributed by atoms with Crippen molar-refractivity contribution in [2.45, 2.75) is 19.3 Å². The molecule has 268 valence electrons. The lowest BCUT2D eigenvalue weighted by Gasteiger charge is -2.22. The summed E-state index contributed by atoms with van der Waals surface area (Å²) in [5.41, 5.74) is 18.0. The molecule has 0 bridgehead atoms. The lowest BCUT2D eigenvalue weighted by atomic mass is 9.82. The molecular formula is C56H39N. The molecule has 0 N–H and O–H groups in total. The first-order valence-electron chi connectivity index (χ1n) is 19.9. The van der Waals surface area contributed by atoms with Gasteiger partial charge in [-0.15, -0.1) is 0 Å². The molecule has 1 heteroatoms. The SMILES string of the molecule is CC1(C)c2ccccc2-c2ccc(-c3cc(-c4ccccc4)c4cccc(-c5cccc(-c6c7ccccc7c(-c7ccccc7)c7ccccc67)c5)c4n3)cc21. The normalized spacial score (nSPS) is 12.9. The molecule has 9 aromatic carbocycles. The highest BCUT2D eigenvalue weighted by molar-refractivity contribution is 6.21. The Balaban J connectivity index is 1.13. The number of benzene rings is 9. The Morgan fingerprint density at radius 2 is 0.825 bits per heavy atom. The van der Waals surface area contributed by atoms with Crippen molar-refractivity contribution >= 4 is 32.4 Å². The van der Waals surface area contributed by atoms with E-state index in [1.807, 2.05) is 0 Å². The predicted molar refractivity (Wildman–Crippen MR) is 241 cm³/mol. The van der Waals surface area contributed by atoms with Gasteiger partial charge in [0.05, 0.1) is 11.2 Å². The Labute approximate surface area is 333 Å². The van der Waals surface area contributed by atoms with Crippen molar-refractivity contribution in [1.82, 2.24) is 4.98 Å². The third-order valence-corrected chi connectivity index (χ3v) is 12.3. The Bertz CT molecular complexity index is 3130. The van der Waals surface area contributed by atoms with Crippen LogP contribution < -0.4 is 0 Å². The van der Waals surface area contributed by atoms with Gasteiger partial charge >= 0.3 is 0 Å². The molecule has 0 atom stereocenters.